The van der Waals surface area contributed by atoms with Gasteiger partial charge in [-0.3, -0.25) is 4.99 Å². The number of hydrogen-bond donors (Lipinski definition) is 2. The second-order valence-electron chi connectivity index (χ2n) is 6.20. The van der Waals surface area contributed by atoms with Crippen LogP contribution in [0.25, 0.3) is 0 Å². The normalized spacial score (nSPS) is 11.0. The Morgan fingerprint density at radius 2 is 1.86 bits per heavy atom. The zero-order valence-electron chi connectivity index (χ0n) is 16.6. The van der Waals surface area contributed by atoms with Gasteiger partial charge < -0.3 is 20.3 Å². The summed E-state index contributed by atoms with van der Waals surface area (Å²) in [5.41, 5.74) is 0.978. The SMILES string of the molecule is CN=C(NCCCCNc1ccccn1)N(C)Cc1ccc(OC(F)F)cc1.I. The van der Waals surface area contributed by atoms with Crippen LogP contribution in [0.15, 0.2) is 53.7 Å². The highest BCUT2D eigenvalue weighted by Crippen LogP contribution is 2.15. The first-order valence-corrected chi connectivity index (χ1v) is 9.19. The van der Waals surface area contributed by atoms with Gasteiger partial charge >= 0.3 is 6.61 Å². The minimum atomic E-state index is -2.81. The average Bonchev–Trinajstić information content (AvgIpc) is 2.69. The summed E-state index contributed by atoms with van der Waals surface area (Å²) < 4.78 is 28.8. The zero-order chi connectivity index (χ0) is 20.2. The fourth-order valence-electron chi connectivity index (χ4n) is 2.64. The molecule has 0 saturated heterocycles. The summed E-state index contributed by atoms with van der Waals surface area (Å²) in [5, 5.41) is 6.62. The van der Waals surface area contributed by atoms with E-state index in [1.807, 2.05) is 30.1 Å². The van der Waals surface area contributed by atoms with Crippen molar-refractivity contribution in [3.8, 4) is 5.75 Å². The third kappa shape index (κ3) is 9.73. The van der Waals surface area contributed by atoms with Crippen molar-refractivity contribution in [2.45, 2.75) is 26.0 Å². The number of rotatable bonds is 10. The molecule has 29 heavy (non-hydrogen) atoms. The lowest BCUT2D eigenvalue weighted by Gasteiger charge is -2.22. The molecule has 0 fully saturated rings. The van der Waals surface area contributed by atoms with Crippen LogP contribution in [-0.4, -0.2) is 49.6 Å². The maximum absolute atomic E-state index is 12.2. The summed E-state index contributed by atoms with van der Waals surface area (Å²) in [6.45, 7) is -0.534. The Hall–Kier alpha value is -2.17. The van der Waals surface area contributed by atoms with Crippen molar-refractivity contribution in [3.63, 3.8) is 0 Å². The number of alkyl halides is 2. The van der Waals surface area contributed by atoms with E-state index < -0.39 is 6.61 Å². The number of guanidine groups is 1. The monoisotopic (exact) mass is 519 g/mol. The number of aliphatic imine (C=N–C) groups is 1. The Bertz CT molecular complexity index is 717. The maximum Gasteiger partial charge on any atom is 0.387 e. The van der Waals surface area contributed by atoms with Crippen LogP contribution >= 0.6 is 24.0 Å². The van der Waals surface area contributed by atoms with Gasteiger partial charge in [0.25, 0.3) is 0 Å². The Labute approximate surface area is 187 Å². The molecule has 9 heteroatoms. The summed E-state index contributed by atoms with van der Waals surface area (Å²) in [5.74, 6) is 1.82. The molecule has 2 N–H and O–H groups in total. The van der Waals surface area contributed by atoms with Gasteiger partial charge in [0.2, 0.25) is 0 Å². The molecule has 0 saturated carbocycles. The van der Waals surface area contributed by atoms with Crippen LogP contribution in [0.4, 0.5) is 14.6 Å². The van der Waals surface area contributed by atoms with Crippen LogP contribution in [-0.2, 0) is 6.54 Å². The van der Waals surface area contributed by atoms with Gasteiger partial charge in [-0.15, -0.1) is 24.0 Å². The molecular weight excluding hydrogens is 491 g/mol. The van der Waals surface area contributed by atoms with Gasteiger partial charge in [0.1, 0.15) is 11.6 Å². The van der Waals surface area contributed by atoms with Crippen molar-refractivity contribution in [1.29, 1.82) is 0 Å². The van der Waals surface area contributed by atoms with Crippen LogP contribution in [0, 0.1) is 0 Å². The molecule has 0 aliphatic rings. The average molecular weight is 519 g/mol. The molecule has 0 atom stereocenters. The van der Waals surface area contributed by atoms with E-state index >= 15 is 0 Å². The van der Waals surface area contributed by atoms with E-state index in [9.17, 15) is 8.78 Å². The molecule has 0 bridgehead atoms. The minimum absolute atomic E-state index is 0. The molecule has 1 aromatic carbocycles. The second-order valence-corrected chi connectivity index (χ2v) is 6.20. The number of halogens is 3. The predicted molar refractivity (Wildman–Crippen MR) is 123 cm³/mol. The van der Waals surface area contributed by atoms with E-state index in [4.69, 9.17) is 0 Å². The Morgan fingerprint density at radius 3 is 2.48 bits per heavy atom. The molecule has 1 heterocycles. The highest BCUT2D eigenvalue weighted by atomic mass is 127. The van der Waals surface area contributed by atoms with E-state index in [0.717, 1.165) is 43.3 Å². The molecule has 1 aromatic heterocycles. The topological polar surface area (TPSA) is 61.8 Å². The van der Waals surface area contributed by atoms with Gasteiger partial charge in [-0.05, 0) is 42.7 Å². The smallest absolute Gasteiger partial charge is 0.387 e. The first kappa shape index (κ1) is 24.9. The molecule has 0 amide bonds. The number of nitrogens with zero attached hydrogens (tertiary/aromatic N) is 3. The third-order valence-electron chi connectivity index (χ3n) is 4.00. The molecule has 6 nitrogen and oxygen atoms in total. The van der Waals surface area contributed by atoms with E-state index in [2.05, 4.69) is 25.3 Å². The molecular formula is C20H28F2IN5O. The molecule has 2 rings (SSSR count). The van der Waals surface area contributed by atoms with E-state index in [1.165, 1.54) is 0 Å². The van der Waals surface area contributed by atoms with Crippen molar-refractivity contribution >= 4 is 35.8 Å². The Kier molecular flexibility index (Phi) is 11.9. The predicted octanol–water partition coefficient (Wildman–Crippen LogP) is 4.20. The highest BCUT2D eigenvalue weighted by Gasteiger charge is 2.08. The first-order valence-electron chi connectivity index (χ1n) is 9.19. The highest BCUT2D eigenvalue weighted by molar-refractivity contribution is 14.0. The van der Waals surface area contributed by atoms with Crippen LogP contribution in [0.1, 0.15) is 18.4 Å². The van der Waals surface area contributed by atoms with Gasteiger partial charge in [0.05, 0.1) is 0 Å². The van der Waals surface area contributed by atoms with Crippen LogP contribution in [0.3, 0.4) is 0 Å². The minimum Gasteiger partial charge on any atom is -0.435 e. The summed E-state index contributed by atoms with van der Waals surface area (Å²) in [6, 6.07) is 12.4. The fraction of sp³-hybridized carbons (Fsp3) is 0.400. The quantitative estimate of drug-likeness (QED) is 0.213. The van der Waals surface area contributed by atoms with Crippen LogP contribution in [0.2, 0.25) is 0 Å². The van der Waals surface area contributed by atoms with Gasteiger partial charge in [0.15, 0.2) is 5.96 Å². The van der Waals surface area contributed by atoms with Crippen molar-refractivity contribution in [2.24, 2.45) is 4.99 Å². The lowest BCUT2D eigenvalue weighted by molar-refractivity contribution is -0.0498. The Balaban J connectivity index is 0.00000420. The lowest BCUT2D eigenvalue weighted by atomic mass is 10.2. The summed E-state index contributed by atoms with van der Waals surface area (Å²) >= 11 is 0. The second kappa shape index (κ2) is 13.9. The fourth-order valence-corrected chi connectivity index (χ4v) is 2.64. The number of nitrogens with one attached hydrogen (secondary N) is 2. The summed E-state index contributed by atoms with van der Waals surface area (Å²) in [7, 11) is 3.67. The van der Waals surface area contributed by atoms with Gasteiger partial charge in [-0.1, -0.05) is 18.2 Å². The number of ether oxygens (including phenoxy) is 1. The summed E-state index contributed by atoms with van der Waals surface area (Å²) in [4.78, 5) is 10.5. The first-order chi connectivity index (χ1) is 13.6. The number of anilines is 1. The number of pyridine rings is 1. The zero-order valence-corrected chi connectivity index (χ0v) is 19.0. The van der Waals surface area contributed by atoms with Crippen molar-refractivity contribution in [1.82, 2.24) is 15.2 Å². The number of hydrogen-bond acceptors (Lipinski definition) is 4. The maximum atomic E-state index is 12.2. The van der Waals surface area contributed by atoms with E-state index in [1.54, 1.807) is 37.5 Å². The molecule has 0 radical (unpaired) electrons. The molecule has 160 valence electrons. The molecule has 0 aliphatic carbocycles. The molecule has 0 spiro atoms. The third-order valence-corrected chi connectivity index (χ3v) is 4.00. The van der Waals surface area contributed by atoms with Gasteiger partial charge in [-0.25, -0.2) is 4.98 Å². The van der Waals surface area contributed by atoms with Crippen molar-refractivity contribution < 1.29 is 13.5 Å². The van der Waals surface area contributed by atoms with Gasteiger partial charge in [-0.2, -0.15) is 8.78 Å². The van der Waals surface area contributed by atoms with Crippen LogP contribution in [0.5, 0.6) is 5.75 Å². The van der Waals surface area contributed by atoms with Crippen LogP contribution < -0.4 is 15.4 Å². The van der Waals surface area contributed by atoms with E-state index in [-0.39, 0.29) is 29.7 Å². The largest absolute Gasteiger partial charge is 0.435 e. The van der Waals surface area contributed by atoms with Gasteiger partial charge in [0, 0.05) is 39.9 Å². The summed E-state index contributed by atoms with van der Waals surface area (Å²) in [6.07, 6.45) is 3.77. The Morgan fingerprint density at radius 1 is 1.14 bits per heavy atom. The molecule has 0 unspecified atom stereocenters. The molecule has 2 aromatic rings. The number of unbranched alkanes of at least 4 members (excludes halogenated alkanes) is 1. The number of aromatic nitrogens is 1. The molecule has 0 aliphatic heterocycles. The van der Waals surface area contributed by atoms with E-state index in [0.29, 0.717) is 6.54 Å². The standard InChI is InChI=1S/C20H27F2N5O.HI/c1-23-20(26-14-6-5-13-25-18-7-3-4-12-24-18)27(2)15-16-8-10-17(11-9-16)28-19(21)22;/h3-4,7-12,19H,5-6,13-15H2,1-2H3,(H,23,26)(H,24,25);1H. The van der Waals surface area contributed by atoms with Crippen molar-refractivity contribution in [2.75, 3.05) is 32.5 Å². The number of benzene rings is 1. The lowest BCUT2D eigenvalue weighted by Crippen LogP contribution is -2.38. The van der Waals surface area contributed by atoms with Crippen molar-refractivity contribution in [3.05, 3.63) is 54.2 Å².